The summed E-state index contributed by atoms with van der Waals surface area (Å²) < 4.78 is 1.93. The predicted molar refractivity (Wildman–Crippen MR) is 89.0 cm³/mol. The lowest BCUT2D eigenvalue weighted by Crippen LogP contribution is -1.95. The Morgan fingerprint density at radius 2 is 1.81 bits per heavy atom. The highest BCUT2D eigenvalue weighted by Crippen LogP contribution is 2.29. The maximum absolute atomic E-state index is 4.73. The lowest BCUT2D eigenvalue weighted by atomic mass is 10.1. The molecule has 0 aliphatic heterocycles. The number of imidazole rings is 1. The summed E-state index contributed by atoms with van der Waals surface area (Å²) in [5, 5.41) is 5.91. The van der Waals surface area contributed by atoms with E-state index in [4.69, 9.17) is 10.1 Å². The van der Waals surface area contributed by atoms with Crippen molar-refractivity contribution in [3.63, 3.8) is 0 Å². The van der Waals surface area contributed by atoms with Gasteiger partial charge in [-0.05, 0) is 24.8 Å². The monoisotopic (exact) mass is 299 g/mol. The average molecular weight is 299 g/mol. The van der Waals surface area contributed by atoms with Gasteiger partial charge in [0, 0.05) is 11.5 Å². The molecular formula is C17H21N3S. The van der Waals surface area contributed by atoms with E-state index in [1.54, 1.807) is 11.3 Å². The van der Waals surface area contributed by atoms with Gasteiger partial charge in [0.2, 0.25) is 4.96 Å². The first kappa shape index (κ1) is 14.3. The number of benzene rings is 1. The zero-order chi connectivity index (χ0) is 14.8. The maximum Gasteiger partial charge on any atom is 0.212 e. The van der Waals surface area contributed by atoms with Gasteiger partial charge in [0.1, 0.15) is 5.01 Å². The zero-order valence-corrected chi connectivity index (χ0v) is 13.7. The van der Waals surface area contributed by atoms with Crippen molar-refractivity contribution in [2.75, 3.05) is 0 Å². The summed E-state index contributed by atoms with van der Waals surface area (Å²) in [4.78, 5) is 5.72. The highest BCUT2D eigenvalue weighted by Gasteiger charge is 2.15. The summed E-state index contributed by atoms with van der Waals surface area (Å²) in [6, 6.07) is 8.64. The fourth-order valence-corrected chi connectivity index (χ4v) is 3.72. The Bertz CT molecular complexity index is 689. The van der Waals surface area contributed by atoms with E-state index >= 15 is 0 Å². The molecule has 0 saturated carbocycles. The Kier molecular flexibility index (Phi) is 4.06. The zero-order valence-electron chi connectivity index (χ0n) is 12.8. The number of rotatable bonds is 5. The number of aryl methyl sites for hydroxylation is 1. The minimum Gasteiger partial charge on any atom is -0.217 e. The Labute approximate surface area is 129 Å². The van der Waals surface area contributed by atoms with Crippen molar-refractivity contribution in [2.45, 2.75) is 46.0 Å². The summed E-state index contributed by atoms with van der Waals surface area (Å²) in [7, 11) is 0. The first-order chi connectivity index (χ1) is 10.2. The SMILES string of the molecule is CCc1ccc(-c2cn3nc(C(CC)CC)sc3n2)cc1. The molecule has 21 heavy (non-hydrogen) atoms. The number of fused-ring (bicyclic) bond motifs is 1. The largest absolute Gasteiger partial charge is 0.217 e. The van der Waals surface area contributed by atoms with Crippen LogP contribution in [-0.4, -0.2) is 14.6 Å². The number of nitrogens with zero attached hydrogens (tertiary/aromatic N) is 3. The van der Waals surface area contributed by atoms with Crippen LogP contribution in [0.4, 0.5) is 0 Å². The highest BCUT2D eigenvalue weighted by atomic mass is 32.1. The van der Waals surface area contributed by atoms with Crippen molar-refractivity contribution >= 4 is 16.3 Å². The smallest absolute Gasteiger partial charge is 0.212 e. The van der Waals surface area contributed by atoms with Crippen molar-refractivity contribution in [1.29, 1.82) is 0 Å². The summed E-state index contributed by atoms with van der Waals surface area (Å²) in [6.07, 6.45) is 5.38. The van der Waals surface area contributed by atoms with E-state index in [9.17, 15) is 0 Å². The molecule has 0 amide bonds. The molecule has 0 aliphatic carbocycles. The molecule has 0 saturated heterocycles. The molecule has 4 heteroatoms. The lowest BCUT2D eigenvalue weighted by molar-refractivity contribution is 0.626. The van der Waals surface area contributed by atoms with Gasteiger partial charge in [0.25, 0.3) is 0 Å². The number of hydrogen-bond donors (Lipinski definition) is 0. The molecule has 0 bridgehead atoms. The van der Waals surface area contributed by atoms with Crippen molar-refractivity contribution in [2.24, 2.45) is 0 Å². The molecule has 3 rings (SSSR count). The molecule has 0 atom stereocenters. The van der Waals surface area contributed by atoms with Crippen LogP contribution in [0.15, 0.2) is 30.5 Å². The molecule has 1 aromatic carbocycles. The molecule has 3 nitrogen and oxygen atoms in total. The molecule has 0 fully saturated rings. The van der Waals surface area contributed by atoms with E-state index in [0.29, 0.717) is 5.92 Å². The summed E-state index contributed by atoms with van der Waals surface area (Å²) in [5.41, 5.74) is 3.52. The van der Waals surface area contributed by atoms with Crippen molar-refractivity contribution in [3.05, 3.63) is 41.0 Å². The second kappa shape index (κ2) is 5.98. The molecule has 110 valence electrons. The van der Waals surface area contributed by atoms with Gasteiger partial charge in [0.05, 0.1) is 11.9 Å². The van der Waals surface area contributed by atoms with Crippen molar-refractivity contribution < 1.29 is 0 Å². The van der Waals surface area contributed by atoms with Gasteiger partial charge in [-0.25, -0.2) is 9.50 Å². The van der Waals surface area contributed by atoms with E-state index in [1.165, 1.54) is 10.6 Å². The summed E-state index contributed by atoms with van der Waals surface area (Å²) in [6.45, 7) is 6.61. The second-order valence-electron chi connectivity index (χ2n) is 5.36. The van der Waals surface area contributed by atoms with Gasteiger partial charge in [-0.1, -0.05) is 56.4 Å². The third-order valence-electron chi connectivity index (χ3n) is 4.05. The van der Waals surface area contributed by atoms with Crippen LogP contribution in [0.25, 0.3) is 16.2 Å². The Morgan fingerprint density at radius 1 is 1.10 bits per heavy atom. The first-order valence-electron chi connectivity index (χ1n) is 7.70. The van der Waals surface area contributed by atoms with Crippen LogP contribution in [0.3, 0.4) is 0 Å². The fourth-order valence-electron chi connectivity index (χ4n) is 2.57. The Morgan fingerprint density at radius 3 is 2.38 bits per heavy atom. The molecule has 0 radical (unpaired) electrons. The van der Waals surface area contributed by atoms with E-state index in [2.05, 4.69) is 45.0 Å². The quantitative estimate of drug-likeness (QED) is 0.669. The molecule has 2 heterocycles. The molecule has 2 aromatic heterocycles. The third-order valence-corrected chi connectivity index (χ3v) is 5.14. The van der Waals surface area contributed by atoms with Gasteiger partial charge in [-0.3, -0.25) is 0 Å². The van der Waals surface area contributed by atoms with E-state index in [-0.39, 0.29) is 0 Å². The second-order valence-corrected chi connectivity index (χ2v) is 6.35. The summed E-state index contributed by atoms with van der Waals surface area (Å²) >= 11 is 1.72. The van der Waals surface area contributed by atoms with E-state index in [0.717, 1.165) is 35.5 Å². The third kappa shape index (κ3) is 2.72. The molecule has 0 unspecified atom stereocenters. The molecular weight excluding hydrogens is 278 g/mol. The maximum atomic E-state index is 4.73. The predicted octanol–water partition coefficient (Wildman–Crippen LogP) is 4.92. The lowest BCUT2D eigenvalue weighted by Gasteiger charge is -2.06. The highest BCUT2D eigenvalue weighted by molar-refractivity contribution is 7.16. The van der Waals surface area contributed by atoms with Crippen LogP contribution in [-0.2, 0) is 6.42 Å². The van der Waals surface area contributed by atoms with Gasteiger partial charge in [0.15, 0.2) is 0 Å². The number of aromatic nitrogens is 3. The standard InChI is InChI=1S/C17H21N3S/c1-4-12-7-9-14(10-8-12)15-11-20-17(18-15)21-16(19-20)13(5-2)6-3/h7-11,13H,4-6H2,1-3H3. The van der Waals surface area contributed by atoms with Gasteiger partial charge in [-0.2, -0.15) is 5.10 Å². The van der Waals surface area contributed by atoms with Crippen molar-refractivity contribution in [1.82, 2.24) is 14.6 Å². The van der Waals surface area contributed by atoms with Gasteiger partial charge >= 0.3 is 0 Å². The van der Waals surface area contributed by atoms with Crippen LogP contribution in [0.5, 0.6) is 0 Å². The van der Waals surface area contributed by atoms with Crippen LogP contribution in [0.1, 0.15) is 50.1 Å². The Balaban J connectivity index is 1.92. The van der Waals surface area contributed by atoms with Crippen LogP contribution in [0, 0.1) is 0 Å². The van der Waals surface area contributed by atoms with Crippen LogP contribution >= 0.6 is 11.3 Å². The fraction of sp³-hybridized carbons (Fsp3) is 0.412. The topological polar surface area (TPSA) is 30.2 Å². The van der Waals surface area contributed by atoms with Crippen LogP contribution < -0.4 is 0 Å². The first-order valence-corrected chi connectivity index (χ1v) is 8.52. The summed E-state index contributed by atoms with van der Waals surface area (Å²) in [5.74, 6) is 0.559. The number of hydrogen-bond acceptors (Lipinski definition) is 3. The normalized spacial score (nSPS) is 11.6. The minimum atomic E-state index is 0.559. The van der Waals surface area contributed by atoms with E-state index in [1.807, 2.05) is 10.7 Å². The van der Waals surface area contributed by atoms with Crippen LogP contribution in [0.2, 0.25) is 0 Å². The van der Waals surface area contributed by atoms with Gasteiger partial charge < -0.3 is 0 Å². The van der Waals surface area contributed by atoms with Crippen molar-refractivity contribution in [3.8, 4) is 11.3 Å². The average Bonchev–Trinajstić information content (AvgIpc) is 3.07. The molecule has 0 aliphatic rings. The van der Waals surface area contributed by atoms with E-state index < -0.39 is 0 Å². The van der Waals surface area contributed by atoms with Gasteiger partial charge in [-0.15, -0.1) is 0 Å². The molecule has 0 N–H and O–H groups in total. The molecule has 3 aromatic rings. The Hall–Kier alpha value is -1.68. The minimum absolute atomic E-state index is 0.559. The molecule has 0 spiro atoms.